The van der Waals surface area contributed by atoms with Crippen molar-refractivity contribution in [3.63, 3.8) is 0 Å². The van der Waals surface area contributed by atoms with Crippen LogP contribution >= 0.6 is 0 Å². The van der Waals surface area contributed by atoms with Crippen molar-refractivity contribution in [3.05, 3.63) is 70.8 Å². The Morgan fingerprint density at radius 3 is 2.60 bits per heavy atom. The van der Waals surface area contributed by atoms with Crippen LogP contribution in [0.1, 0.15) is 40.0 Å². The average molecular weight is 265 g/mol. The summed E-state index contributed by atoms with van der Waals surface area (Å²) in [5.41, 5.74) is 4.51. The minimum absolute atomic E-state index is 0.144. The first-order valence-electron chi connectivity index (χ1n) is 7.13. The molecule has 0 fully saturated rings. The highest BCUT2D eigenvalue weighted by molar-refractivity contribution is 5.96. The highest BCUT2D eigenvalue weighted by Gasteiger charge is 2.28. The van der Waals surface area contributed by atoms with Gasteiger partial charge in [-0.2, -0.15) is 0 Å². The Hall–Kier alpha value is -2.09. The normalized spacial score (nSPS) is 17.7. The number of aryl methyl sites for hydroxylation is 1. The van der Waals surface area contributed by atoms with Gasteiger partial charge in [-0.25, -0.2) is 0 Å². The minimum atomic E-state index is 0.144. The van der Waals surface area contributed by atoms with Gasteiger partial charge in [0.15, 0.2) is 0 Å². The molecule has 1 amide bonds. The van der Waals surface area contributed by atoms with Gasteiger partial charge in [0.25, 0.3) is 5.91 Å². The molecule has 1 atom stereocenters. The van der Waals surface area contributed by atoms with E-state index in [9.17, 15) is 4.79 Å². The van der Waals surface area contributed by atoms with Gasteiger partial charge in [-0.3, -0.25) is 4.79 Å². The molecule has 3 rings (SSSR count). The van der Waals surface area contributed by atoms with Crippen molar-refractivity contribution >= 4 is 5.91 Å². The van der Waals surface area contributed by atoms with Crippen LogP contribution < -0.4 is 0 Å². The van der Waals surface area contributed by atoms with Crippen LogP contribution in [0.3, 0.4) is 0 Å². The lowest BCUT2D eigenvalue weighted by Gasteiger charge is -2.35. The summed E-state index contributed by atoms with van der Waals surface area (Å²) < 4.78 is 0. The molecule has 0 aliphatic carbocycles. The van der Waals surface area contributed by atoms with E-state index in [1.165, 1.54) is 11.1 Å². The van der Waals surface area contributed by atoms with Gasteiger partial charge in [-0.1, -0.05) is 42.5 Å². The Balaban J connectivity index is 1.93. The number of carbonyl (C=O) groups is 1. The molecule has 0 N–H and O–H groups in total. The van der Waals surface area contributed by atoms with E-state index in [2.05, 4.69) is 31.2 Å². The molecule has 2 heteroatoms. The molecule has 0 spiro atoms. The SMILES string of the molecule is Cc1ccccc1C(=O)N1CCc2ccccc2[C@H]1C. The predicted molar refractivity (Wildman–Crippen MR) is 80.8 cm³/mol. The van der Waals surface area contributed by atoms with Gasteiger partial charge < -0.3 is 4.90 Å². The average Bonchev–Trinajstić information content (AvgIpc) is 2.48. The van der Waals surface area contributed by atoms with Crippen LogP contribution in [0, 0.1) is 6.92 Å². The van der Waals surface area contributed by atoms with Crippen LogP contribution in [0.15, 0.2) is 48.5 Å². The third kappa shape index (κ3) is 2.11. The Bertz CT molecular complexity index is 647. The lowest BCUT2D eigenvalue weighted by Crippen LogP contribution is -2.39. The number of amides is 1. The van der Waals surface area contributed by atoms with Gasteiger partial charge in [0, 0.05) is 12.1 Å². The maximum atomic E-state index is 12.8. The molecule has 2 nitrogen and oxygen atoms in total. The number of nitrogens with zero attached hydrogens (tertiary/aromatic N) is 1. The number of benzene rings is 2. The summed E-state index contributed by atoms with van der Waals surface area (Å²) in [4.78, 5) is 14.8. The zero-order valence-electron chi connectivity index (χ0n) is 12.0. The number of carbonyl (C=O) groups excluding carboxylic acids is 1. The van der Waals surface area contributed by atoms with Gasteiger partial charge >= 0.3 is 0 Å². The number of hydrogen-bond acceptors (Lipinski definition) is 1. The zero-order chi connectivity index (χ0) is 14.1. The molecule has 2 aromatic rings. The fourth-order valence-electron chi connectivity index (χ4n) is 3.02. The van der Waals surface area contributed by atoms with Crippen LogP contribution in [0.4, 0.5) is 0 Å². The van der Waals surface area contributed by atoms with Gasteiger partial charge in [0.1, 0.15) is 0 Å². The number of fused-ring (bicyclic) bond motifs is 1. The molecule has 1 aliphatic heterocycles. The monoisotopic (exact) mass is 265 g/mol. The van der Waals surface area contributed by atoms with Gasteiger partial charge in [-0.15, -0.1) is 0 Å². The Morgan fingerprint density at radius 1 is 1.10 bits per heavy atom. The van der Waals surface area contributed by atoms with Crippen LogP contribution in [0.25, 0.3) is 0 Å². The summed E-state index contributed by atoms with van der Waals surface area (Å²) in [6.07, 6.45) is 0.943. The number of hydrogen-bond donors (Lipinski definition) is 0. The van der Waals surface area contributed by atoms with Crippen molar-refractivity contribution in [3.8, 4) is 0 Å². The molecule has 0 unspecified atom stereocenters. The smallest absolute Gasteiger partial charge is 0.254 e. The highest BCUT2D eigenvalue weighted by atomic mass is 16.2. The van der Waals surface area contributed by atoms with Gasteiger partial charge in [0.2, 0.25) is 0 Å². The van der Waals surface area contributed by atoms with Crippen molar-refractivity contribution < 1.29 is 4.79 Å². The van der Waals surface area contributed by atoms with E-state index in [-0.39, 0.29) is 11.9 Å². The predicted octanol–water partition coefficient (Wildman–Crippen LogP) is 3.75. The molecule has 20 heavy (non-hydrogen) atoms. The van der Waals surface area contributed by atoms with E-state index in [4.69, 9.17) is 0 Å². The van der Waals surface area contributed by atoms with Crippen molar-refractivity contribution in [1.82, 2.24) is 4.90 Å². The molecular formula is C18H19NO. The van der Waals surface area contributed by atoms with Crippen molar-refractivity contribution in [1.29, 1.82) is 0 Å². The first-order valence-corrected chi connectivity index (χ1v) is 7.13. The Morgan fingerprint density at radius 2 is 1.80 bits per heavy atom. The topological polar surface area (TPSA) is 20.3 Å². The summed E-state index contributed by atoms with van der Waals surface area (Å²) in [5.74, 6) is 0.144. The molecular weight excluding hydrogens is 246 g/mol. The third-order valence-corrected chi connectivity index (χ3v) is 4.23. The molecule has 0 radical (unpaired) electrons. The fourth-order valence-corrected chi connectivity index (χ4v) is 3.02. The Labute approximate surface area is 120 Å². The second-order valence-electron chi connectivity index (χ2n) is 5.44. The van der Waals surface area contributed by atoms with Crippen LogP contribution in [0.2, 0.25) is 0 Å². The molecule has 1 aliphatic rings. The first-order chi connectivity index (χ1) is 9.68. The third-order valence-electron chi connectivity index (χ3n) is 4.23. The molecule has 0 saturated carbocycles. The van der Waals surface area contributed by atoms with E-state index >= 15 is 0 Å². The molecule has 0 bridgehead atoms. The van der Waals surface area contributed by atoms with Crippen molar-refractivity contribution in [2.45, 2.75) is 26.3 Å². The fraction of sp³-hybridized carbons (Fsp3) is 0.278. The van der Waals surface area contributed by atoms with Crippen molar-refractivity contribution in [2.75, 3.05) is 6.54 Å². The summed E-state index contributed by atoms with van der Waals surface area (Å²) >= 11 is 0. The Kier molecular flexibility index (Phi) is 3.31. The van der Waals surface area contributed by atoms with Crippen LogP contribution in [-0.2, 0) is 6.42 Å². The quantitative estimate of drug-likeness (QED) is 0.769. The lowest BCUT2D eigenvalue weighted by atomic mass is 9.92. The van der Waals surface area contributed by atoms with Gasteiger partial charge in [0.05, 0.1) is 6.04 Å². The van der Waals surface area contributed by atoms with Crippen LogP contribution in [-0.4, -0.2) is 17.4 Å². The zero-order valence-corrected chi connectivity index (χ0v) is 12.0. The maximum Gasteiger partial charge on any atom is 0.254 e. The van der Waals surface area contributed by atoms with Gasteiger partial charge in [-0.05, 0) is 43.0 Å². The summed E-state index contributed by atoms with van der Waals surface area (Å²) in [6.45, 7) is 4.91. The molecule has 0 saturated heterocycles. The largest absolute Gasteiger partial charge is 0.332 e. The van der Waals surface area contributed by atoms with E-state index in [1.807, 2.05) is 36.1 Å². The van der Waals surface area contributed by atoms with E-state index in [0.717, 1.165) is 24.1 Å². The van der Waals surface area contributed by atoms with Crippen LogP contribution in [0.5, 0.6) is 0 Å². The standard InChI is InChI=1S/C18H19NO/c1-13-7-3-5-9-16(13)18(20)19-12-11-15-8-4-6-10-17(15)14(19)2/h3-10,14H,11-12H2,1-2H3/t14-/m1/s1. The summed E-state index contributed by atoms with van der Waals surface area (Å²) in [7, 11) is 0. The molecule has 0 aromatic heterocycles. The van der Waals surface area contributed by atoms with E-state index < -0.39 is 0 Å². The highest BCUT2D eigenvalue weighted by Crippen LogP contribution is 2.30. The lowest BCUT2D eigenvalue weighted by molar-refractivity contribution is 0.0677. The summed E-state index contributed by atoms with van der Waals surface area (Å²) in [5, 5.41) is 0. The number of rotatable bonds is 1. The second kappa shape index (κ2) is 5.12. The molecule has 1 heterocycles. The molecule has 2 aromatic carbocycles. The first kappa shape index (κ1) is 12.9. The molecule has 102 valence electrons. The minimum Gasteiger partial charge on any atom is -0.332 e. The van der Waals surface area contributed by atoms with E-state index in [1.54, 1.807) is 0 Å². The second-order valence-corrected chi connectivity index (χ2v) is 5.44. The van der Waals surface area contributed by atoms with E-state index in [0.29, 0.717) is 0 Å². The van der Waals surface area contributed by atoms with Crippen molar-refractivity contribution in [2.24, 2.45) is 0 Å². The summed E-state index contributed by atoms with van der Waals surface area (Å²) in [6, 6.07) is 16.4. The maximum absolute atomic E-state index is 12.8.